The van der Waals surface area contributed by atoms with Crippen molar-refractivity contribution in [1.82, 2.24) is 4.90 Å². The van der Waals surface area contributed by atoms with Gasteiger partial charge in [-0.25, -0.2) is 4.39 Å². The van der Waals surface area contributed by atoms with Crippen molar-refractivity contribution in [1.29, 1.82) is 0 Å². The summed E-state index contributed by atoms with van der Waals surface area (Å²) in [7, 11) is 1.32. The Morgan fingerprint density at radius 1 is 1.23 bits per heavy atom. The number of methoxy groups -OCH3 is 1. The van der Waals surface area contributed by atoms with Gasteiger partial charge in [-0.1, -0.05) is 36.4 Å². The van der Waals surface area contributed by atoms with Crippen LogP contribution in [0.2, 0.25) is 0 Å². The molecule has 2 aromatic carbocycles. The van der Waals surface area contributed by atoms with Gasteiger partial charge in [-0.15, -0.1) is 0 Å². The molecule has 0 aliphatic carbocycles. The Hall–Kier alpha value is -2.64. The number of ketones is 1. The number of halogens is 2. The molecule has 160 valence electrons. The number of benzene rings is 2. The minimum absolute atomic E-state index is 0.0761. The van der Waals surface area contributed by atoms with Gasteiger partial charge in [0.2, 0.25) is 0 Å². The molecule has 0 fully saturated rings. The van der Waals surface area contributed by atoms with Crippen LogP contribution in [0.15, 0.2) is 69.3 Å². The number of carbonyl (C=O) groups is 2. The highest BCUT2D eigenvalue weighted by Crippen LogP contribution is 2.42. The summed E-state index contributed by atoms with van der Waals surface area (Å²) in [5.74, 6) is -2.24. The van der Waals surface area contributed by atoms with Gasteiger partial charge in [-0.05, 0) is 46.1 Å². The number of carbonyl (C=O) groups excluding carboxylic acids is 2. The van der Waals surface area contributed by atoms with E-state index in [1.54, 1.807) is 19.1 Å². The highest BCUT2D eigenvalue weighted by molar-refractivity contribution is 9.10. The molecule has 2 atom stereocenters. The first-order valence-electron chi connectivity index (χ1n) is 9.99. The molecule has 7 heteroatoms. The number of hydrogen-bond donors (Lipinski definition) is 0. The Morgan fingerprint density at radius 3 is 2.65 bits per heavy atom. The van der Waals surface area contributed by atoms with Crippen LogP contribution < -0.4 is 0 Å². The van der Waals surface area contributed by atoms with E-state index in [0.717, 1.165) is 5.56 Å². The van der Waals surface area contributed by atoms with Crippen molar-refractivity contribution in [3.05, 3.63) is 81.2 Å². The number of hydrogen-bond acceptors (Lipinski definition) is 5. The Morgan fingerprint density at radius 2 is 1.97 bits per heavy atom. The van der Waals surface area contributed by atoms with Crippen molar-refractivity contribution >= 4 is 33.4 Å². The van der Waals surface area contributed by atoms with Crippen LogP contribution in [0.1, 0.15) is 24.0 Å². The first-order valence-corrected chi connectivity index (χ1v) is 10.8. The fourth-order valence-corrected chi connectivity index (χ4v) is 4.79. The average molecular weight is 485 g/mol. The van der Waals surface area contributed by atoms with Crippen molar-refractivity contribution in [3.63, 3.8) is 0 Å². The second kappa shape index (κ2) is 8.85. The minimum Gasteiger partial charge on any atom is -0.468 e. The molecule has 2 unspecified atom stereocenters. The van der Waals surface area contributed by atoms with E-state index in [2.05, 4.69) is 20.9 Å². The van der Waals surface area contributed by atoms with Crippen molar-refractivity contribution < 1.29 is 18.7 Å². The van der Waals surface area contributed by atoms with E-state index in [1.807, 2.05) is 35.2 Å². The normalized spacial score (nSPS) is 21.5. The zero-order valence-corrected chi connectivity index (χ0v) is 18.9. The molecule has 31 heavy (non-hydrogen) atoms. The average Bonchev–Trinajstić information content (AvgIpc) is 2.75. The third-order valence-corrected chi connectivity index (χ3v) is 6.37. The van der Waals surface area contributed by atoms with E-state index in [-0.39, 0.29) is 16.8 Å². The molecular formula is C24H22BrFN2O3. The van der Waals surface area contributed by atoms with Gasteiger partial charge >= 0.3 is 5.97 Å². The Bertz CT molecular complexity index is 1100. The maximum Gasteiger partial charge on any atom is 0.315 e. The van der Waals surface area contributed by atoms with E-state index in [1.165, 1.54) is 13.2 Å². The van der Waals surface area contributed by atoms with Gasteiger partial charge < -0.3 is 4.74 Å². The van der Waals surface area contributed by atoms with Crippen molar-refractivity contribution in [2.75, 3.05) is 20.2 Å². The van der Waals surface area contributed by atoms with Gasteiger partial charge in [0.25, 0.3) is 0 Å². The topological polar surface area (TPSA) is 59.0 Å². The molecule has 0 amide bonds. The zero-order chi connectivity index (χ0) is 22.1. The molecule has 4 rings (SSSR count). The van der Waals surface area contributed by atoms with Gasteiger partial charge in [0.1, 0.15) is 11.7 Å². The molecule has 0 bridgehead atoms. The monoisotopic (exact) mass is 484 g/mol. The quantitative estimate of drug-likeness (QED) is 0.607. The summed E-state index contributed by atoms with van der Waals surface area (Å²) in [6.45, 7) is 3.14. The van der Waals surface area contributed by atoms with Crippen LogP contribution in [-0.4, -0.2) is 42.6 Å². The molecule has 0 aromatic heterocycles. The lowest BCUT2D eigenvalue weighted by Gasteiger charge is -2.37. The molecule has 0 radical (unpaired) electrons. The maximum absolute atomic E-state index is 13.9. The fraction of sp³-hybridized carbons (Fsp3) is 0.292. The predicted octanol–water partition coefficient (Wildman–Crippen LogP) is 4.27. The molecule has 2 heterocycles. The minimum atomic E-state index is -0.731. The molecule has 2 aliphatic rings. The zero-order valence-electron chi connectivity index (χ0n) is 17.3. The summed E-state index contributed by atoms with van der Waals surface area (Å²) in [6, 6.07) is 14.5. The first-order chi connectivity index (χ1) is 14.9. The Balaban J connectivity index is 1.76. The van der Waals surface area contributed by atoms with Gasteiger partial charge in [-0.2, -0.15) is 0 Å². The number of ether oxygens (including phenoxy) is 1. The first kappa shape index (κ1) is 21.6. The summed E-state index contributed by atoms with van der Waals surface area (Å²) < 4.78 is 19.2. The van der Waals surface area contributed by atoms with Crippen molar-refractivity contribution in [2.24, 2.45) is 10.9 Å². The van der Waals surface area contributed by atoms with E-state index >= 15 is 0 Å². The summed E-state index contributed by atoms with van der Waals surface area (Å²) in [5.41, 5.74) is 3.56. The van der Waals surface area contributed by atoms with Crippen LogP contribution in [0.4, 0.5) is 4.39 Å². The van der Waals surface area contributed by atoms with Crippen LogP contribution in [0.5, 0.6) is 0 Å². The lowest BCUT2D eigenvalue weighted by molar-refractivity contribution is -0.143. The molecule has 2 aliphatic heterocycles. The van der Waals surface area contributed by atoms with Gasteiger partial charge in [-0.3, -0.25) is 19.5 Å². The van der Waals surface area contributed by atoms with E-state index in [4.69, 9.17) is 4.74 Å². The van der Waals surface area contributed by atoms with Crippen LogP contribution in [-0.2, 0) is 20.9 Å². The summed E-state index contributed by atoms with van der Waals surface area (Å²) in [5, 5.41) is 0. The van der Waals surface area contributed by atoms with Crippen molar-refractivity contribution in [3.8, 4) is 0 Å². The van der Waals surface area contributed by atoms with Gasteiger partial charge in [0.15, 0.2) is 5.78 Å². The largest absolute Gasteiger partial charge is 0.468 e. The second-order valence-corrected chi connectivity index (χ2v) is 8.67. The summed E-state index contributed by atoms with van der Waals surface area (Å²) in [6.07, 6.45) is 0. The maximum atomic E-state index is 13.9. The van der Waals surface area contributed by atoms with E-state index in [9.17, 15) is 14.0 Å². The number of aliphatic imine (C=N–C) groups is 1. The third kappa shape index (κ3) is 4.25. The predicted molar refractivity (Wildman–Crippen MR) is 119 cm³/mol. The molecule has 5 nitrogen and oxygen atoms in total. The summed E-state index contributed by atoms with van der Waals surface area (Å²) in [4.78, 5) is 32.7. The number of esters is 1. The lowest BCUT2D eigenvalue weighted by atomic mass is 9.73. The SMILES string of the molecule is COC(=O)C1C(C)=NC2=C(C(=O)CN(Cc3ccccc3)C2)C1c1ccc(F)c(Br)c1. The molecule has 0 spiro atoms. The Labute approximate surface area is 188 Å². The smallest absolute Gasteiger partial charge is 0.315 e. The summed E-state index contributed by atoms with van der Waals surface area (Å²) >= 11 is 3.22. The fourth-order valence-electron chi connectivity index (χ4n) is 4.39. The molecule has 0 saturated heterocycles. The number of nitrogens with zero attached hydrogens (tertiary/aromatic N) is 2. The van der Waals surface area contributed by atoms with Crippen LogP contribution >= 0.6 is 15.9 Å². The number of Topliss-reactive ketones (excluding diaryl/α,β-unsaturated/α-hetero) is 1. The van der Waals surface area contributed by atoms with Crippen LogP contribution in [0.25, 0.3) is 0 Å². The van der Waals surface area contributed by atoms with Gasteiger partial charge in [0.05, 0.1) is 23.8 Å². The van der Waals surface area contributed by atoms with Crippen LogP contribution in [0, 0.1) is 11.7 Å². The molecule has 0 saturated carbocycles. The van der Waals surface area contributed by atoms with Gasteiger partial charge in [0, 0.05) is 30.3 Å². The van der Waals surface area contributed by atoms with Crippen molar-refractivity contribution in [2.45, 2.75) is 19.4 Å². The second-order valence-electron chi connectivity index (χ2n) is 7.82. The molecule has 2 aromatic rings. The Kier molecular flexibility index (Phi) is 6.16. The lowest BCUT2D eigenvalue weighted by Crippen LogP contribution is -2.44. The highest BCUT2D eigenvalue weighted by atomic mass is 79.9. The van der Waals surface area contributed by atoms with Crippen LogP contribution in [0.3, 0.4) is 0 Å². The number of rotatable bonds is 4. The highest BCUT2D eigenvalue weighted by Gasteiger charge is 2.44. The molecular weight excluding hydrogens is 463 g/mol. The third-order valence-electron chi connectivity index (χ3n) is 5.76. The van der Waals surface area contributed by atoms with E-state index in [0.29, 0.717) is 35.6 Å². The standard InChI is InChI=1S/C24H22BrFN2O3/c1-14-21(24(30)31-2)22(16-8-9-18(26)17(25)10-16)23-19(27-14)12-28(13-20(23)29)11-15-6-4-3-5-7-15/h3-10,21-22H,11-13H2,1-2H3. The van der Waals surface area contributed by atoms with E-state index < -0.39 is 23.6 Å². The molecule has 0 N–H and O–H groups in total.